The van der Waals surface area contributed by atoms with Crippen molar-refractivity contribution in [1.82, 2.24) is 15.1 Å². The first-order valence-electron chi connectivity index (χ1n) is 5.63. The molecule has 0 fully saturated rings. The number of rotatable bonds is 1. The number of amides is 1. The van der Waals surface area contributed by atoms with Gasteiger partial charge in [0.2, 0.25) is 0 Å². The van der Waals surface area contributed by atoms with Crippen LogP contribution in [0.25, 0.3) is 0 Å². The number of aromatic amines is 1. The van der Waals surface area contributed by atoms with E-state index in [1.54, 1.807) is 0 Å². The molecule has 1 aliphatic rings. The maximum absolute atomic E-state index is 12.2. The van der Waals surface area contributed by atoms with Crippen molar-refractivity contribution in [3.05, 3.63) is 52.8 Å². The molecule has 0 bridgehead atoms. The lowest BCUT2D eigenvalue weighted by Crippen LogP contribution is -2.25. The molecule has 1 aromatic carbocycles. The minimum Gasteiger partial charge on any atom is -0.328 e. The molecule has 4 heteroatoms. The van der Waals surface area contributed by atoms with Crippen molar-refractivity contribution in [2.45, 2.75) is 20.0 Å². The van der Waals surface area contributed by atoms with Crippen LogP contribution in [0.2, 0.25) is 0 Å². The average molecular weight is 227 g/mol. The normalized spacial score (nSPS) is 13.8. The average Bonchev–Trinajstić information content (AvgIpc) is 2.92. The summed E-state index contributed by atoms with van der Waals surface area (Å²) in [4.78, 5) is 14.1. The third-order valence-electron chi connectivity index (χ3n) is 3.17. The predicted molar refractivity (Wildman–Crippen MR) is 63.3 cm³/mol. The highest BCUT2D eigenvalue weighted by atomic mass is 16.2. The van der Waals surface area contributed by atoms with Gasteiger partial charge in [0.15, 0.2) is 0 Å². The Hall–Kier alpha value is -2.10. The van der Waals surface area contributed by atoms with Gasteiger partial charge in [-0.25, -0.2) is 0 Å². The number of carbonyl (C=O) groups is 1. The predicted octanol–water partition coefficient (Wildman–Crippen LogP) is 1.87. The number of hydrogen-bond acceptors (Lipinski definition) is 2. The van der Waals surface area contributed by atoms with Gasteiger partial charge in [-0.1, -0.05) is 18.2 Å². The number of benzene rings is 1. The minimum absolute atomic E-state index is 0.0783. The van der Waals surface area contributed by atoms with Crippen molar-refractivity contribution in [2.24, 2.45) is 0 Å². The third-order valence-corrected chi connectivity index (χ3v) is 3.17. The third kappa shape index (κ3) is 1.62. The Balaban J connectivity index is 1.83. The van der Waals surface area contributed by atoms with E-state index in [2.05, 4.69) is 10.2 Å². The SMILES string of the molecule is Cc1n[nH]c2c1CN(C(=O)c1ccccc1)C2. The van der Waals surface area contributed by atoms with Gasteiger partial charge in [0.1, 0.15) is 0 Å². The van der Waals surface area contributed by atoms with E-state index in [1.165, 1.54) is 0 Å². The van der Waals surface area contributed by atoms with E-state index in [9.17, 15) is 4.79 Å². The Kier molecular flexibility index (Phi) is 2.21. The van der Waals surface area contributed by atoms with Crippen molar-refractivity contribution in [1.29, 1.82) is 0 Å². The van der Waals surface area contributed by atoms with Gasteiger partial charge in [0.25, 0.3) is 5.91 Å². The Morgan fingerprint density at radius 2 is 2.06 bits per heavy atom. The molecule has 0 atom stereocenters. The number of carbonyl (C=O) groups excluding carboxylic acids is 1. The lowest BCUT2D eigenvalue weighted by atomic mass is 10.2. The molecule has 1 N–H and O–H groups in total. The number of H-pyrrole nitrogens is 1. The summed E-state index contributed by atoms with van der Waals surface area (Å²) in [7, 11) is 0. The zero-order valence-corrected chi connectivity index (χ0v) is 9.60. The molecule has 0 saturated carbocycles. The molecule has 17 heavy (non-hydrogen) atoms. The number of nitrogens with one attached hydrogen (secondary N) is 1. The van der Waals surface area contributed by atoms with Crippen molar-refractivity contribution in [3.63, 3.8) is 0 Å². The standard InChI is InChI=1S/C13H13N3O/c1-9-11-7-16(8-12(11)15-14-9)13(17)10-5-3-2-4-6-10/h2-6H,7-8H2,1H3,(H,14,15). The van der Waals surface area contributed by atoms with Crippen LogP contribution in [0.4, 0.5) is 0 Å². The van der Waals surface area contributed by atoms with Crippen molar-refractivity contribution in [2.75, 3.05) is 0 Å². The number of fused-ring (bicyclic) bond motifs is 1. The molecular formula is C13H13N3O. The number of aryl methyl sites for hydroxylation is 1. The Bertz CT molecular complexity index is 559. The molecule has 0 aliphatic carbocycles. The molecule has 0 saturated heterocycles. The molecule has 1 amide bonds. The molecule has 2 heterocycles. The molecule has 0 spiro atoms. The summed E-state index contributed by atoms with van der Waals surface area (Å²) in [6.45, 7) is 3.25. The second kappa shape index (κ2) is 3.73. The summed E-state index contributed by atoms with van der Waals surface area (Å²) in [5.74, 6) is 0.0783. The molecule has 4 nitrogen and oxygen atoms in total. The second-order valence-electron chi connectivity index (χ2n) is 4.29. The fraction of sp³-hybridized carbons (Fsp3) is 0.231. The minimum atomic E-state index is 0.0783. The molecule has 3 rings (SSSR count). The molecule has 1 aliphatic heterocycles. The fourth-order valence-corrected chi connectivity index (χ4v) is 2.19. The maximum Gasteiger partial charge on any atom is 0.254 e. The van der Waals surface area contributed by atoms with E-state index >= 15 is 0 Å². The summed E-state index contributed by atoms with van der Waals surface area (Å²) in [6.07, 6.45) is 0. The number of hydrogen-bond donors (Lipinski definition) is 1. The van der Waals surface area contributed by atoms with Gasteiger partial charge in [0, 0.05) is 11.1 Å². The fourth-order valence-electron chi connectivity index (χ4n) is 2.19. The van der Waals surface area contributed by atoms with Gasteiger partial charge in [-0.3, -0.25) is 9.89 Å². The molecule has 0 radical (unpaired) electrons. The zero-order chi connectivity index (χ0) is 11.8. The lowest BCUT2D eigenvalue weighted by Gasteiger charge is -2.15. The van der Waals surface area contributed by atoms with Crippen molar-refractivity contribution in [3.8, 4) is 0 Å². The van der Waals surface area contributed by atoms with Gasteiger partial charge in [-0.15, -0.1) is 0 Å². The zero-order valence-electron chi connectivity index (χ0n) is 9.60. The Labute approximate surface area is 99.3 Å². The highest BCUT2D eigenvalue weighted by Crippen LogP contribution is 2.24. The molecular weight excluding hydrogens is 214 g/mol. The quantitative estimate of drug-likeness (QED) is 0.808. The topological polar surface area (TPSA) is 49.0 Å². The summed E-state index contributed by atoms with van der Waals surface area (Å²) >= 11 is 0. The van der Waals surface area contributed by atoms with E-state index < -0.39 is 0 Å². The van der Waals surface area contributed by atoms with Gasteiger partial charge < -0.3 is 4.90 Å². The highest BCUT2D eigenvalue weighted by molar-refractivity contribution is 5.94. The summed E-state index contributed by atoms with van der Waals surface area (Å²) in [6, 6.07) is 9.38. The monoisotopic (exact) mass is 227 g/mol. The summed E-state index contributed by atoms with van der Waals surface area (Å²) in [5.41, 5.74) is 3.95. The van der Waals surface area contributed by atoms with Crippen LogP contribution in [0, 0.1) is 6.92 Å². The van der Waals surface area contributed by atoms with Gasteiger partial charge in [0.05, 0.1) is 24.5 Å². The van der Waals surface area contributed by atoms with Crippen LogP contribution in [0.15, 0.2) is 30.3 Å². The van der Waals surface area contributed by atoms with Crippen LogP contribution >= 0.6 is 0 Å². The largest absolute Gasteiger partial charge is 0.328 e. The van der Waals surface area contributed by atoms with Crippen molar-refractivity contribution >= 4 is 5.91 Å². The lowest BCUT2D eigenvalue weighted by molar-refractivity contribution is 0.0749. The van der Waals surface area contributed by atoms with E-state index in [1.807, 2.05) is 42.2 Å². The van der Waals surface area contributed by atoms with Crippen molar-refractivity contribution < 1.29 is 4.79 Å². The van der Waals surface area contributed by atoms with E-state index in [0.717, 1.165) is 22.5 Å². The first kappa shape index (κ1) is 10.1. The number of nitrogens with zero attached hydrogens (tertiary/aromatic N) is 2. The Morgan fingerprint density at radius 3 is 2.76 bits per heavy atom. The van der Waals surface area contributed by atoms with Gasteiger partial charge >= 0.3 is 0 Å². The maximum atomic E-state index is 12.2. The van der Waals surface area contributed by atoms with Crippen LogP contribution in [0.3, 0.4) is 0 Å². The van der Waals surface area contributed by atoms with Crippen LogP contribution in [-0.4, -0.2) is 21.0 Å². The van der Waals surface area contributed by atoms with Crippen LogP contribution in [0.1, 0.15) is 27.3 Å². The van der Waals surface area contributed by atoms with Crippen LogP contribution in [0.5, 0.6) is 0 Å². The van der Waals surface area contributed by atoms with Gasteiger partial charge in [-0.05, 0) is 19.1 Å². The first-order chi connectivity index (χ1) is 8.25. The van der Waals surface area contributed by atoms with E-state index in [0.29, 0.717) is 13.1 Å². The van der Waals surface area contributed by atoms with Gasteiger partial charge in [-0.2, -0.15) is 5.10 Å². The highest BCUT2D eigenvalue weighted by Gasteiger charge is 2.27. The number of aromatic nitrogens is 2. The second-order valence-corrected chi connectivity index (χ2v) is 4.29. The van der Waals surface area contributed by atoms with Crippen LogP contribution < -0.4 is 0 Å². The molecule has 0 unspecified atom stereocenters. The summed E-state index contributed by atoms with van der Waals surface area (Å²) in [5, 5.41) is 7.12. The molecule has 1 aromatic heterocycles. The van der Waals surface area contributed by atoms with E-state index in [-0.39, 0.29) is 5.91 Å². The van der Waals surface area contributed by atoms with E-state index in [4.69, 9.17) is 0 Å². The molecule has 86 valence electrons. The molecule has 2 aromatic rings. The van der Waals surface area contributed by atoms with Crippen LogP contribution in [-0.2, 0) is 13.1 Å². The Morgan fingerprint density at radius 1 is 1.29 bits per heavy atom. The first-order valence-corrected chi connectivity index (χ1v) is 5.63. The summed E-state index contributed by atoms with van der Waals surface area (Å²) < 4.78 is 0. The smallest absolute Gasteiger partial charge is 0.254 e.